The molecule has 0 radical (unpaired) electrons. The number of aliphatic imine (C=N–C) groups is 2. The lowest BCUT2D eigenvalue weighted by molar-refractivity contribution is 0.218. The zero-order chi connectivity index (χ0) is 21.4. The molecule has 1 fully saturated rings. The summed E-state index contributed by atoms with van der Waals surface area (Å²) in [4.78, 5) is 21.1. The molecule has 0 saturated carbocycles. The molecule has 5 rings (SSSR count). The van der Waals surface area contributed by atoms with Gasteiger partial charge in [0.05, 0.1) is 17.4 Å². The van der Waals surface area contributed by atoms with Gasteiger partial charge in [-0.3, -0.25) is 0 Å². The summed E-state index contributed by atoms with van der Waals surface area (Å²) >= 11 is 6.33. The first kappa shape index (κ1) is 20.1. The molecule has 2 amide bonds. The van der Waals surface area contributed by atoms with E-state index in [0.717, 1.165) is 66.2 Å². The summed E-state index contributed by atoms with van der Waals surface area (Å²) in [7, 11) is 0. The summed E-state index contributed by atoms with van der Waals surface area (Å²) in [5.74, 6) is 0.195. The van der Waals surface area contributed by atoms with Crippen LogP contribution in [0.3, 0.4) is 0 Å². The molecule has 31 heavy (non-hydrogen) atoms. The van der Waals surface area contributed by atoms with Crippen molar-refractivity contribution in [2.24, 2.45) is 9.98 Å². The van der Waals surface area contributed by atoms with Crippen molar-refractivity contribution < 1.29 is 9.18 Å². The summed E-state index contributed by atoms with van der Waals surface area (Å²) in [5.41, 5.74) is 4.08. The fourth-order valence-electron chi connectivity index (χ4n) is 4.54. The van der Waals surface area contributed by atoms with Crippen molar-refractivity contribution in [1.82, 2.24) is 9.47 Å². The van der Waals surface area contributed by atoms with Crippen molar-refractivity contribution >= 4 is 40.5 Å². The highest BCUT2D eigenvalue weighted by Crippen LogP contribution is 2.37. The lowest BCUT2D eigenvalue weighted by atomic mass is 9.89. The minimum absolute atomic E-state index is 0.241. The second-order valence-electron chi connectivity index (χ2n) is 8.10. The Labute approximate surface area is 184 Å². The Morgan fingerprint density at radius 1 is 1.10 bits per heavy atom. The van der Waals surface area contributed by atoms with Crippen molar-refractivity contribution in [3.63, 3.8) is 0 Å². The number of nitrogens with zero attached hydrogens (tertiary/aromatic N) is 4. The summed E-state index contributed by atoms with van der Waals surface area (Å²) in [5, 5.41) is 1.88. The number of halogens is 2. The number of hydrogen-bond donors (Lipinski definition) is 0. The van der Waals surface area contributed by atoms with Gasteiger partial charge in [0.15, 0.2) is 0 Å². The molecule has 0 unspecified atom stereocenters. The monoisotopic (exact) mass is 436 g/mol. The minimum Gasteiger partial charge on any atom is -0.316 e. The van der Waals surface area contributed by atoms with Gasteiger partial charge in [0.25, 0.3) is 0 Å². The molecule has 7 heteroatoms. The fraction of sp³-hybridized carbons (Fsp3) is 0.292. The summed E-state index contributed by atoms with van der Waals surface area (Å²) < 4.78 is 15.5. The van der Waals surface area contributed by atoms with Crippen molar-refractivity contribution in [3.8, 4) is 5.69 Å². The van der Waals surface area contributed by atoms with Crippen LogP contribution in [0.2, 0.25) is 5.02 Å². The van der Waals surface area contributed by atoms with Crippen LogP contribution in [-0.4, -0.2) is 47.1 Å². The molecule has 2 aromatic carbocycles. The van der Waals surface area contributed by atoms with Crippen molar-refractivity contribution in [1.29, 1.82) is 0 Å². The minimum atomic E-state index is -0.398. The van der Waals surface area contributed by atoms with E-state index in [1.807, 2.05) is 18.2 Å². The summed E-state index contributed by atoms with van der Waals surface area (Å²) in [6, 6.07) is 12.1. The average Bonchev–Trinajstić information content (AvgIpc) is 3.36. The lowest BCUT2D eigenvalue weighted by Crippen LogP contribution is -2.34. The number of amides is 2. The molecule has 2 aliphatic heterocycles. The molecule has 0 aliphatic carbocycles. The van der Waals surface area contributed by atoms with Gasteiger partial charge in [-0.1, -0.05) is 11.6 Å². The fourth-order valence-corrected chi connectivity index (χ4v) is 4.71. The zero-order valence-electron chi connectivity index (χ0n) is 17.0. The number of urea groups is 1. The highest BCUT2D eigenvalue weighted by Gasteiger charge is 2.24. The summed E-state index contributed by atoms with van der Waals surface area (Å²) in [6.07, 6.45) is 6.61. The Bertz CT molecular complexity index is 1190. The number of likely N-dealkylation sites (tertiary alicyclic amines) is 1. The van der Waals surface area contributed by atoms with Gasteiger partial charge in [-0.05, 0) is 79.9 Å². The van der Waals surface area contributed by atoms with Crippen LogP contribution >= 0.6 is 11.6 Å². The second kappa shape index (κ2) is 8.36. The Balaban J connectivity index is 1.35. The molecule has 1 saturated heterocycles. The molecule has 3 heterocycles. The van der Waals surface area contributed by atoms with E-state index < -0.39 is 6.03 Å². The van der Waals surface area contributed by atoms with Gasteiger partial charge >= 0.3 is 6.03 Å². The molecule has 2 aliphatic rings. The second-order valence-corrected chi connectivity index (χ2v) is 8.54. The standard InChI is InChI=1S/C24H22ClFN4O/c25-17-1-6-23-21(13-17)22(15-30(23)20-4-2-18(26)3-5-20)16-7-10-29(11-8-16)12-9-19-14-27-24(31)28-19/h1-6,13-16H,7-12H2. The van der Waals surface area contributed by atoms with Crippen molar-refractivity contribution in [2.75, 3.05) is 19.6 Å². The van der Waals surface area contributed by atoms with Crippen molar-refractivity contribution in [3.05, 3.63) is 65.1 Å². The maximum atomic E-state index is 13.4. The van der Waals surface area contributed by atoms with Gasteiger partial charge in [0.1, 0.15) is 5.82 Å². The largest absolute Gasteiger partial charge is 0.367 e. The van der Waals surface area contributed by atoms with Crippen LogP contribution in [0.1, 0.15) is 30.7 Å². The molecule has 0 spiro atoms. The quantitative estimate of drug-likeness (QED) is 0.519. The van der Waals surface area contributed by atoms with Gasteiger partial charge < -0.3 is 9.47 Å². The topological polar surface area (TPSA) is 50.0 Å². The number of rotatable bonds is 5. The Hall–Kier alpha value is -2.83. The molecular formula is C24H22ClFN4O. The molecule has 0 N–H and O–H groups in total. The molecule has 5 nitrogen and oxygen atoms in total. The average molecular weight is 437 g/mol. The van der Waals surface area contributed by atoms with E-state index in [-0.39, 0.29) is 5.82 Å². The van der Waals surface area contributed by atoms with Crippen LogP contribution in [0.25, 0.3) is 16.6 Å². The molecule has 0 atom stereocenters. The zero-order valence-corrected chi connectivity index (χ0v) is 17.7. The molecule has 1 aromatic heterocycles. The van der Waals surface area contributed by atoms with E-state index in [1.165, 1.54) is 17.7 Å². The van der Waals surface area contributed by atoms with E-state index in [2.05, 4.69) is 25.6 Å². The van der Waals surface area contributed by atoms with Crippen LogP contribution in [0.15, 0.2) is 58.6 Å². The van der Waals surface area contributed by atoms with E-state index in [9.17, 15) is 9.18 Å². The normalized spacial score (nSPS) is 17.6. The summed E-state index contributed by atoms with van der Waals surface area (Å²) in [6.45, 7) is 2.87. The predicted molar refractivity (Wildman–Crippen MR) is 123 cm³/mol. The van der Waals surface area contributed by atoms with Crippen LogP contribution in [0, 0.1) is 5.82 Å². The number of fused-ring (bicyclic) bond motifs is 1. The van der Waals surface area contributed by atoms with Crippen LogP contribution in [0.4, 0.5) is 9.18 Å². The highest BCUT2D eigenvalue weighted by atomic mass is 35.5. The first-order valence-corrected chi connectivity index (χ1v) is 10.9. The molecule has 158 valence electrons. The third-order valence-electron chi connectivity index (χ3n) is 6.18. The highest BCUT2D eigenvalue weighted by molar-refractivity contribution is 6.37. The third-order valence-corrected chi connectivity index (χ3v) is 6.41. The number of carbonyl (C=O) groups excluding carboxylic acids is 1. The smallest absolute Gasteiger partial charge is 0.316 e. The maximum Gasteiger partial charge on any atom is 0.367 e. The number of aromatic nitrogens is 1. The number of piperidine rings is 1. The van der Waals surface area contributed by atoms with Crippen LogP contribution < -0.4 is 0 Å². The molecule has 3 aromatic rings. The van der Waals surface area contributed by atoms with Gasteiger partial charge in [0, 0.05) is 35.3 Å². The molecular weight excluding hydrogens is 415 g/mol. The number of benzene rings is 2. The van der Waals surface area contributed by atoms with Gasteiger partial charge in [-0.2, -0.15) is 9.98 Å². The first-order chi connectivity index (χ1) is 15.1. The third kappa shape index (κ3) is 4.18. The SMILES string of the molecule is O=C1N=CC(CCN2CCC(c3cn(-c4ccc(F)cc4)c4ccc(Cl)cc34)CC2)=N1. The lowest BCUT2D eigenvalue weighted by Gasteiger charge is -2.31. The Morgan fingerprint density at radius 3 is 2.58 bits per heavy atom. The van der Waals surface area contributed by atoms with E-state index in [4.69, 9.17) is 11.6 Å². The maximum absolute atomic E-state index is 13.4. The van der Waals surface area contributed by atoms with Gasteiger partial charge in [-0.25, -0.2) is 9.18 Å². The number of hydrogen-bond acceptors (Lipinski definition) is 2. The van der Waals surface area contributed by atoms with Crippen LogP contribution in [-0.2, 0) is 0 Å². The van der Waals surface area contributed by atoms with E-state index in [1.54, 1.807) is 18.3 Å². The Morgan fingerprint density at radius 2 is 1.87 bits per heavy atom. The van der Waals surface area contributed by atoms with E-state index >= 15 is 0 Å². The molecule has 0 bridgehead atoms. The van der Waals surface area contributed by atoms with Gasteiger partial charge in [0.2, 0.25) is 0 Å². The van der Waals surface area contributed by atoms with Crippen LogP contribution in [0.5, 0.6) is 0 Å². The van der Waals surface area contributed by atoms with E-state index in [0.29, 0.717) is 5.92 Å². The predicted octanol–water partition coefficient (Wildman–Crippen LogP) is 5.64. The number of carbonyl (C=O) groups is 1. The van der Waals surface area contributed by atoms with Gasteiger partial charge in [-0.15, -0.1) is 0 Å². The Kier molecular flexibility index (Phi) is 5.42. The van der Waals surface area contributed by atoms with Crippen molar-refractivity contribution in [2.45, 2.75) is 25.2 Å². The first-order valence-electron chi connectivity index (χ1n) is 10.5.